The van der Waals surface area contributed by atoms with Crippen LogP contribution in [0.4, 0.5) is 0 Å². The predicted octanol–water partition coefficient (Wildman–Crippen LogP) is 3.81. The Bertz CT molecular complexity index is 545. The van der Waals surface area contributed by atoms with Crippen LogP contribution in [0.25, 0.3) is 22.4 Å². The van der Waals surface area contributed by atoms with Crippen molar-refractivity contribution >= 4 is 0 Å². The Labute approximate surface area is 99.5 Å². The van der Waals surface area contributed by atoms with Crippen molar-refractivity contribution < 1.29 is 4.52 Å². The summed E-state index contributed by atoms with van der Waals surface area (Å²) in [5, 5.41) is 4.03. The highest BCUT2D eigenvalue weighted by atomic mass is 16.5. The van der Waals surface area contributed by atoms with E-state index in [1.807, 2.05) is 60.7 Å². The molecule has 0 aliphatic heterocycles. The van der Waals surface area contributed by atoms with Crippen LogP contribution in [0.15, 0.2) is 65.2 Å². The Morgan fingerprint density at radius 3 is 2.00 bits per heavy atom. The summed E-state index contributed by atoms with van der Waals surface area (Å²) in [6.45, 7) is 0. The van der Waals surface area contributed by atoms with E-state index in [2.05, 4.69) is 11.4 Å². The summed E-state index contributed by atoms with van der Waals surface area (Å²) < 4.78 is 4.98. The molecule has 0 aliphatic carbocycles. The molecular weight excluding hydrogens is 210 g/mol. The highest BCUT2D eigenvalue weighted by Gasteiger charge is 2.11. The maximum atomic E-state index is 4.98. The van der Waals surface area contributed by atoms with E-state index in [4.69, 9.17) is 4.52 Å². The van der Waals surface area contributed by atoms with E-state index in [0.717, 1.165) is 22.4 Å². The van der Waals surface area contributed by atoms with Gasteiger partial charge in [-0.1, -0.05) is 65.8 Å². The molecule has 17 heavy (non-hydrogen) atoms. The van der Waals surface area contributed by atoms with Gasteiger partial charge in [0.2, 0.25) is 6.26 Å². The summed E-state index contributed by atoms with van der Waals surface area (Å²) in [6.07, 6.45) is 2.83. The molecule has 0 bridgehead atoms. The minimum atomic E-state index is 0.830. The van der Waals surface area contributed by atoms with Gasteiger partial charge in [0.1, 0.15) is 5.69 Å². The molecular formula is C15H10NO. The van der Waals surface area contributed by atoms with Crippen LogP contribution < -0.4 is 0 Å². The second-order valence-corrected chi connectivity index (χ2v) is 3.74. The molecule has 0 spiro atoms. The van der Waals surface area contributed by atoms with Crippen LogP contribution in [0.5, 0.6) is 0 Å². The molecule has 2 heteroatoms. The molecule has 2 nitrogen and oxygen atoms in total. The van der Waals surface area contributed by atoms with Crippen LogP contribution >= 0.6 is 0 Å². The van der Waals surface area contributed by atoms with Gasteiger partial charge in [0.25, 0.3) is 0 Å². The molecule has 3 aromatic rings. The van der Waals surface area contributed by atoms with Crippen LogP contribution in [0.3, 0.4) is 0 Å². The molecule has 0 saturated heterocycles. The normalized spacial score (nSPS) is 10.4. The van der Waals surface area contributed by atoms with Gasteiger partial charge in [-0.15, -0.1) is 0 Å². The lowest BCUT2D eigenvalue weighted by atomic mass is 10.0. The van der Waals surface area contributed by atoms with Crippen molar-refractivity contribution in [3.8, 4) is 22.4 Å². The zero-order chi connectivity index (χ0) is 11.5. The smallest absolute Gasteiger partial charge is 0.214 e. The summed E-state index contributed by atoms with van der Waals surface area (Å²) in [6, 6.07) is 20.0. The number of nitrogens with zero attached hydrogens (tertiary/aromatic N) is 1. The van der Waals surface area contributed by atoms with Crippen molar-refractivity contribution in [3.63, 3.8) is 0 Å². The fraction of sp³-hybridized carbons (Fsp3) is 0. The van der Waals surface area contributed by atoms with Crippen molar-refractivity contribution in [1.29, 1.82) is 0 Å². The number of hydrogen-bond acceptors (Lipinski definition) is 2. The summed E-state index contributed by atoms with van der Waals surface area (Å²) >= 11 is 0. The van der Waals surface area contributed by atoms with Crippen LogP contribution in [0, 0.1) is 6.26 Å². The average molecular weight is 220 g/mol. The van der Waals surface area contributed by atoms with E-state index in [1.165, 1.54) is 0 Å². The van der Waals surface area contributed by atoms with E-state index in [1.54, 1.807) is 0 Å². The predicted molar refractivity (Wildman–Crippen MR) is 66.2 cm³/mol. The molecule has 1 heterocycles. The molecule has 0 N–H and O–H groups in total. The maximum Gasteiger partial charge on any atom is 0.214 e. The Morgan fingerprint density at radius 2 is 1.35 bits per heavy atom. The van der Waals surface area contributed by atoms with Gasteiger partial charge in [0, 0.05) is 5.56 Å². The van der Waals surface area contributed by atoms with Crippen LogP contribution in [-0.4, -0.2) is 5.16 Å². The van der Waals surface area contributed by atoms with E-state index >= 15 is 0 Å². The topological polar surface area (TPSA) is 26.0 Å². The third kappa shape index (κ3) is 1.85. The molecule has 0 atom stereocenters. The van der Waals surface area contributed by atoms with Crippen molar-refractivity contribution in [2.24, 2.45) is 0 Å². The number of aromatic nitrogens is 1. The minimum Gasteiger partial charge on any atom is -0.351 e. The number of rotatable bonds is 2. The summed E-state index contributed by atoms with van der Waals surface area (Å²) in [5.74, 6) is 0. The first-order valence-electron chi connectivity index (χ1n) is 5.43. The fourth-order valence-electron chi connectivity index (χ4n) is 1.80. The third-order valence-electron chi connectivity index (χ3n) is 2.63. The Hall–Kier alpha value is -2.35. The van der Waals surface area contributed by atoms with Crippen LogP contribution in [0.2, 0.25) is 0 Å². The van der Waals surface area contributed by atoms with Gasteiger partial charge in [-0.2, -0.15) is 0 Å². The molecule has 3 rings (SSSR count). The van der Waals surface area contributed by atoms with E-state index < -0.39 is 0 Å². The molecule has 0 amide bonds. The van der Waals surface area contributed by atoms with Gasteiger partial charge in [-0.25, -0.2) is 0 Å². The summed E-state index contributed by atoms with van der Waals surface area (Å²) in [5.41, 5.74) is 3.83. The van der Waals surface area contributed by atoms with Crippen LogP contribution in [-0.2, 0) is 0 Å². The minimum absolute atomic E-state index is 0.830. The largest absolute Gasteiger partial charge is 0.351 e. The molecule has 0 aliphatic rings. The third-order valence-corrected chi connectivity index (χ3v) is 2.63. The molecule has 0 saturated carbocycles. The summed E-state index contributed by atoms with van der Waals surface area (Å²) in [4.78, 5) is 0. The molecule has 1 aromatic heterocycles. The Morgan fingerprint density at radius 1 is 0.765 bits per heavy atom. The second kappa shape index (κ2) is 4.26. The average Bonchev–Trinajstić information content (AvgIpc) is 2.90. The van der Waals surface area contributed by atoms with Gasteiger partial charge >= 0.3 is 0 Å². The van der Waals surface area contributed by atoms with Crippen molar-refractivity contribution in [2.75, 3.05) is 0 Å². The molecule has 81 valence electrons. The lowest BCUT2D eigenvalue weighted by molar-refractivity contribution is 0.416. The first-order valence-corrected chi connectivity index (χ1v) is 5.43. The fourth-order valence-corrected chi connectivity index (χ4v) is 1.80. The van der Waals surface area contributed by atoms with Gasteiger partial charge in [-0.3, -0.25) is 0 Å². The monoisotopic (exact) mass is 220 g/mol. The maximum absolute atomic E-state index is 4.98. The number of benzene rings is 2. The zero-order valence-electron chi connectivity index (χ0n) is 9.13. The first-order chi connectivity index (χ1) is 8.45. The molecule has 0 fully saturated rings. The highest BCUT2D eigenvalue weighted by Crippen LogP contribution is 2.29. The van der Waals surface area contributed by atoms with Gasteiger partial charge in [-0.05, 0) is 5.56 Å². The highest BCUT2D eigenvalue weighted by molar-refractivity contribution is 5.79. The molecule has 2 aromatic carbocycles. The van der Waals surface area contributed by atoms with Crippen molar-refractivity contribution in [1.82, 2.24) is 5.16 Å². The van der Waals surface area contributed by atoms with E-state index in [-0.39, 0.29) is 0 Å². The quantitative estimate of drug-likeness (QED) is 0.656. The van der Waals surface area contributed by atoms with Gasteiger partial charge in [0.15, 0.2) is 0 Å². The van der Waals surface area contributed by atoms with Gasteiger partial charge < -0.3 is 4.52 Å². The van der Waals surface area contributed by atoms with Crippen molar-refractivity contribution in [3.05, 3.63) is 66.9 Å². The lowest BCUT2D eigenvalue weighted by Crippen LogP contribution is -1.81. The van der Waals surface area contributed by atoms with Gasteiger partial charge in [0.05, 0.1) is 5.56 Å². The Kier molecular flexibility index (Phi) is 2.47. The summed E-state index contributed by atoms with van der Waals surface area (Å²) in [7, 11) is 0. The lowest BCUT2D eigenvalue weighted by Gasteiger charge is -2.00. The van der Waals surface area contributed by atoms with E-state index in [0.29, 0.717) is 0 Å². The van der Waals surface area contributed by atoms with Crippen molar-refractivity contribution in [2.45, 2.75) is 0 Å². The van der Waals surface area contributed by atoms with E-state index in [9.17, 15) is 0 Å². The zero-order valence-corrected chi connectivity index (χ0v) is 9.13. The SMILES string of the molecule is [c]1onc(-c2ccccc2)c1-c1ccccc1. The standard InChI is InChI=1S/C15H10NO/c1-3-7-12(8-4-1)14-11-17-16-15(14)13-9-5-2-6-10-13/h1-10H. The van der Waals surface area contributed by atoms with Crippen LogP contribution in [0.1, 0.15) is 0 Å². The second-order valence-electron chi connectivity index (χ2n) is 3.74. The molecule has 1 radical (unpaired) electrons. The Balaban J connectivity index is 2.13. The number of hydrogen-bond donors (Lipinski definition) is 0. The molecule has 0 unspecified atom stereocenters. The first kappa shape index (κ1) is 9.85.